The Hall–Kier alpha value is -2.66. The zero-order valence-corrected chi connectivity index (χ0v) is 20.6. The van der Waals surface area contributed by atoms with Crippen LogP contribution >= 0.6 is 11.6 Å². The summed E-state index contributed by atoms with van der Waals surface area (Å²) in [5.41, 5.74) is 1.03. The number of rotatable bonds is 11. The monoisotopic (exact) mass is 467 g/mol. The number of nitrogens with zero attached hydrogens (tertiary/aromatic N) is 3. The first-order valence-electron chi connectivity index (χ1n) is 12.1. The highest BCUT2D eigenvalue weighted by Gasteiger charge is 2.26. The third-order valence-corrected chi connectivity index (χ3v) is 6.37. The van der Waals surface area contributed by atoms with Crippen LogP contribution in [0.15, 0.2) is 53.3 Å². The van der Waals surface area contributed by atoms with Crippen LogP contribution in [-0.2, 0) is 4.79 Å². The summed E-state index contributed by atoms with van der Waals surface area (Å²) in [5.74, 6) is 0.640. The van der Waals surface area contributed by atoms with E-state index >= 15 is 0 Å². The second-order valence-electron chi connectivity index (χ2n) is 8.51. The summed E-state index contributed by atoms with van der Waals surface area (Å²) in [6.07, 6.45) is 6.59. The summed E-state index contributed by atoms with van der Waals surface area (Å²) < 4.78 is 1.58. The van der Waals surface area contributed by atoms with Crippen molar-refractivity contribution in [2.24, 2.45) is 0 Å². The van der Waals surface area contributed by atoms with Crippen LogP contribution in [0.4, 0.5) is 0 Å². The number of halogens is 1. The molecule has 1 atom stereocenters. The number of benzene rings is 2. The maximum Gasteiger partial charge on any atom is 0.266 e. The van der Waals surface area contributed by atoms with Gasteiger partial charge in [0.1, 0.15) is 5.82 Å². The van der Waals surface area contributed by atoms with Gasteiger partial charge in [-0.05, 0) is 44.0 Å². The predicted octanol–water partition coefficient (Wildman–Crippen LogP) is 6.70. The lowest BCUT2D eigenvalue weighted by molar-refractivity contribution is -0.133. The van der Waals surface area contributed by atoms with Crippen LogP contribution in [0.25, 0.3) is 16.6 Å². The van der Waals surface area contributed by atoms with Crippen LogP contribution < -0.4 is 5.56 Å². The van der Waals surface area contributed by atoms with Gasteiger partial charge in [-0.3, -0.25) is 14.2 Å². The smallest absolute Gasteiger partial charge is 0.266 e. The lowest BCUT2D eigenvalue weighted by atomic mass is 10.1. The molecule has 0 spiro atoms. The van der Waals surface area contributed by atoms with E-state index < -0.39 is 0 Å². The molecule has 1 heterocycles. The molecule has 176 valence electrons. The van der Waals surface area contributed by atoms with Gasteiger partial charge < -0.3 is 4.90 Å². The molecular weight excluding hydrogens is 434 g/mol. The fraction of sp³-hybridized carbons (Fsp3) is 0.444. The molecule has 2 aromatic carbocycles. The van der Waals surface area contributed by atoms with Gasteiger partial charge in [0.2, 0.25) is 5.91 Å². The Morgan fingerprint density at radius 1 is 1.00 bits per heavy atom. The molecule has 1 amide bonds. The van der Waals surface area contributed by atoms with Crippen LogP contribution in [-0.4, -0.2) is 26.9 Å². The summed E-state index contributed by atoms with van der Waals surface area (Å²) >= 11 is 6.52. The SMILES string of the molecule is CCCCCCN(C(=O)CCCC)C(C)c1nc2ccccc2c(=O)n1-c1ccccc1Cl. The minimum absolute atomic E-state index is 0.106. The van der Waals surface area contributed by atoms with Gasteiger partial charge in [-0.1, -0.05) is 75.4 Å². The molecule has 0 aliphatic heterocycles. The fourth-order valence-corrected chi connectivity index (χ4v) is 4.37. The molecule has 0 fully saturated rings. The largest absolute Gasteiger partial charge is 0.333 e. The topological polar surface area (TPSA) is 55.2 Å². The van der Waals surface area contributed by atoms with Crippen molar-refractivity contribution in [3.63, 3.8) is 0 Å². The Bertz CT molecular complexity index is 1140. The zero-order valence-electron chi connectivity index (χ0n) is 19.9. The minimum Gasteiger partial charge on any atom is -0.333 e. The van der Waals surface area contributed by atoms with E-state index in [1.807, 2.05) is 48.2 Å². The first-order valence-corrected chi connectivity index (χ1v) is 12.4. The molecule has 0 saturated carbocycles. The molecular formula is C27H34ClN3O2. The lowest BCUT2D eigenvalue weighted by Gasteiger charge is -2.31. The zero-order chi connectivity index (χ0) is 23.8. The Morgan fingerprint density at radius 3 is 2.42 bits per heavy atom. The molecule has 5 nitrogen and oxygen atoms in total. The molecule has 1 unspecified atom stereocenters. The normalized spacial score (nSPS) is 12.1. The Morgan fingerprint density at radius 2 is 1.70 bits per heavy atom. The van der Waals surface area contributed by atoms with Crippen molar-refractivity contribution in [3.8, 4) is 5.69 Å². The van der Waals surface area contributed by atoms with Gasteiger partial charge >= 0.3 is 0 Å². The average molecular weight is 468 g/mol. The van der Waals surface area contributed by atoms with Gasteiger partial charge in [-0.25, -0.2) is 4.98 Å². The number of aromatic nitrogens is 2. The van der Waals surface area contributed by atoms with Crippen LogP contribution in [0.5, 0.6) is 0 Å². The van der Waals surface area contributed by atoms with Gasteiger partial charge in [-0.2, -0.15) is 0 Å². The first-order chi connectivity index (χ1) is 16.0. The summed E-state index contributed by atoms with van der Waals surface area (Å²) in [6, 6.07) is 14.2. The Kier molecular flexibility index (Phi) is 9.07. The molecule has 0 N–H and O–H groups in total. The number of fused-ring (bicyclic) bond motifs is 1. The van der Waals surface area contributed by atoms with Crippen molar-refractivity contribution in [2.45, 2.75) is 71.8 Å². The van der Waals surface area contributed by atoms with Gasteiger partial charge in [-0.15, -0.1) is 0 Å². The molecule has 1 aromatic heterocycles. The van der Waals surface area contributed by atoms with Crippen molar-refractivity contribution in [3.05, 3.63) is 69.7 Å². The van der Waals surface area contributed by atoms with E-state index in [1.54, 1.807) is 16.7 Å². The highest BCUT2D eigenvalue weighted by molar-refractivity contribution is 6.32. The number of amides is 1. The van der Waals surface area contributed by atoms with E-state index in [9.17, 15) is 9.59 Å². The highest BCUT2D eigenvalue weighted by Crippen LogP contribution is 2.27. The van der Waals surface area contributed by atoms with Crippen molar-refractivity contribution in [2.75, 3.05) is 6.54 Å². The number of para-hydroxylation sites is 2. The summed E-state index contributed by atoms with van der Waals surface area (Å²) in [7, 11) is 0. The van der Waals surface area contributed by atoms with E-state index in [0.717, 1.165) is 38.5 Å². The highest BCUT2D eigenvalue weighted by atomic mass is 35.5. The maximum atomic E-state index is 13.6. The molecule has 0 aliphatic rings. The standard InChI is InChI=1S/C27H34ClN3O2/c1-4-6-8-13-19-30(25(32)18-7-5-2)20(3)26-29-23-16-11-9-14-21(23)27(33)31(26)24-17-12-10-15-22(24)28/h9-12,14-17,20H,4-8,13,18-19H2,1-3H3. The molecule has 6 heteroatoms. The van der Waals surface area contributed by atoms with Gasteiger partial charge in [0.05, 0.1) is 27.7 Å². The third kappa shape index (κ3) is 5.83. The second kappa shape index (κ2) is 12.0. The summed E-state index contributed by atoms with van der Waals surface area (Å²) in [6.45, 7) is 6.87. The minimum atomic E-state index is -0.371. The van der Waals surface area contributed by atoms with Crippen molar-refractivity contribution in [1.82, 2.24) is 14.5 Å². The van der Waals surface area contributed by atoms with Crippen LogP contribution in [0.1, 0.15) is 77.6 Å². The van der Waals surface area contributed by atoms with E-state index in [2.05, 4.69) is 13.8 Å². The van der Waals surface area contributed by atoms with Gasteiger partial charge in [0.25, 0.3) is 5.56 Å². The number of hydrogen-bond acceptors (Lipinski definition) is 3. The van der Waals surface area contributed by atoms with Gasteiger partial charge in [0.15, 0.2) is 0 Å². The Balaban J connectivity index is 2.13. The van der Waals surface area contributed by atoms with E-state index in [4.69, 9.17) is 16.6 Å². The van der Waals surface area contributed by atoms with E-state index in [0.29, 0.717) is 40.4 Å². The van der Waals surface area contributed by atoms with Crippen molar-refractivity contribution >= 4 is 28.4 Å². The lowest BCUT2D eigenvalue weighted by Crippen LogP contribution is -2.38. The fourth-order valence-electron chi connectivity index (χ4n) is 4.15. The molecule has 3 aromatic rings. The van der Waals surface area contributed by atoms with Gasteiger partial charge in [0, 0.05) is 13.0 Å². The van der Waals surface area contributed by atoms with Crippen molar-refractivity contribution < 1.29 is 4.79 Å². The third-order valence-electron chi connectivity index (χ3n) is 6.05. The molecule has 0 aliphatic carbocycles. The second-order valence-corrected chi connectivity index (χ2v) is 8.91. The summed E-state index contributed by atoms with van der Waals surface area (Å²) in [4.78, 5) is 33.6. The molecule has 0 radical (unpaired) electrons. The van der Waals surface area contributed by atoms with Crippen LogP contribution in [0, 0.1) is 0 Å². The first kappa shape index (κ1) is 25.0. The molecule has 33 heavy (non-hydrogen) atoms. The summed E-state index contributed by atoms with van der Waals surface area (Å²) in [5, 5.41) is 0.997. The number of hydrogen-bond donors (Lipinski definition) is 0. The van der Waals surface area contributed by atoms with Crippen molar-refractivity contribution in [1.29, 1.82) is 0 Å². The average Bonchev–Trinajstić information content (AvgIpc) is 2.83. The molecule has 0 bridgehead atoms. The Labute approximate surface area is 201 Å². The van der Waals surface area contributed by atoms with Crippen LogP contribution in [0.3, 0.4) is 0 Å². The number of unbranched alkanes of at least 4 members (excludes halogenated alkanes) is 4. The van der Waals surface area contributed by atoms with E-state index in [-0.39, 0.29) is 17.5 Å². The maximum absolute atomic E-state index is 13.6. The number of carbonyl (C=O) groups excluding carboxylic acids is 1. The predicted molar refractivity (Wildman–Crippen MR) is 136 cm³/mol. The van der Waals surface area contributed by atoms with E-state index in [1.165, 1.54) is 0 Å². The number of carbonyl (C=O) groups is 1. The van der Waals surface area contributed by atoms with Crippen LogP contribution in [0.2, 0.25) is 5.02 Å². The quantitative estimate of drug-likeness (QED) is 0.295. The molecule has 0 saturated heterocycles. The molecule has 3 rings (SSSR count).